The Hall–Kier alpha value is 0.110. The molecule has 0 heterocycles. The van der Waals surface area contributed by atoms with Crippen LogP contribution in [0.25, 0.3) is 0 Å². The zero-order chi connectivity index (χ0) is 14.2. The van der Waals surface area contributed by atoms with Crippen LogP contribution in [0.1, 0.15) is 71.6 Å². The van der Waals surface area contributed by atoms with E-state index in [-0.39, 0.29) is 0 Å². The Morgan fingerprint density at radius 1 is 1.00 bits per heavy atom. The lowest BCUT2D eigenvalue weighted by atomic mass is 9.97. The molecule has 0 aromatic carbocycles. The predicted molar refractivity (Wildman–Crippen MR) is 77.4 cm³/mol. The zero-order valence-electron chi connectivity index (χ0n) is 12.4. The predicted octanol–water partition coefficient (Wildman–Crippen LogP) is 4.47. The zero-order valence-corrected chi connectivity index (χ0v) is 13.3. The van der Waals surface area contributed by atoms with Crippen molar-refractivity contribution in [2.75, 3.05) is 13.2 Å². The lowest BCUT2D eigenvalue weighted by Gasteiger charge is -2.37. The minimum Gasteiger partial charge on any atom is -0.377 e. The van der Waals surface area contributed by atoms with Crippen molar-refractivity contribution in [3.63, 3.8) is 0 Å². The molecule has 1 aliphatic rings. The lowest BCUT2D eigenvalue weighted by molar-refractivity contribution is 0.0348. The summed E-state index contributed by atoms with van der Waals surface area (Å²) in [5.41, 5.74) is 0. The second-order valence-corrected chi connectivity index (χ2v) is 7.76. The molecule has 0 saturated heterocycles. The van der Waals surface area contributed by atoms with Gasteiger partial charge in [-0.2, -0.15) is 0 Å². The molecule has 0 spiro atoms. The van der Waals surface area contributed by atoms with Crippen molar-refractivity contribution in [2.45, 2.75) is 77.0 Å². The summed E-state index contributed by atoms with van der Waals surface area (Å²) in [5, 5.41) is 9.42. The van der Waals surface area contributed by atoms with Crippen LogP contribution in [0.3, 0.4) is 0 Å². The van der Waals surface area contributed by atoms with E-state index in [9.17, 15) is 9.67 Å². The fourth-order valence-electron chi connectivity index (χ4n) is 2.33. The van der Waals surface area contributed by atoms with Crippen LogP contribution in [0.4, 0.5) is 0 Å². The minimum absolute atomic E-state index is 0.405. The molecule has 0 aliphatic heterocycles. The van der Waals surface area contributed by atoms with Gasteiger partial charge < -0.3 is 14.2 Å². The molecule has 19 heavy (non-hydrogen) atoms. The first-order valence-electron chi connectivity index (χ1n) is 7.69. The van der Waals surface area contributed by atoms with Gasteiger partial charge in [-0.15, -0.1) is 0 Å². The summed E-state index contributed by atoms with van der Waals surface area (Å²) < 4.78 is 24.0. The standard InChI is InChI=1S/C14H29O4P/c1-3-5-12-17-19(16,18-13-6-4-2)14(15)10-8-7-9-11-14/h15H,3-13H2,1-2H3. The van der Waals surface area contributed by atoms with Gasteiger partial charge in [-0.1, -0.05) is 33.1 Å². The van der Waals surface area contributed by atoms with E-state index in [4.69, 9.17) is 9.05 Å². The fraction of sp³-hybridized carbons (Fsp3) is 1.00. The molecule has 0 bridgehead atoms. The summed E-state index contributed by atoms with van der Waals surface area (Å²) in [4.78, 5) is 0. The van der Waals surface area contributed by atoms with Crippen molar-refractivity contribution in [3.8, 4) is 0 Å². The first kappa shape index (κ1) is 17.2. The molecule has 0 unspecified atom stereocenters. The molecule has 5 heteroatoms. The number of hydrogen-bond acceptors (Lipinski definition) is 4. The lowest BCUT2D eigenvalue weighted by Crippen LogP contribution is -2.33. The van der Waals surface area contributed by atoms with E-state index < -0.39 is 12.9 Å². The summed E-state index contributed by atoms with van der Waals surface area (Å²) >= 11 is 0. The third-order valence-corrected chi connectivity index (χ3v) is 6.19. The van der Waals surface area contributed by atoms with Crippen molar-refractivity contribution in [1.29, 1.82) is 0 Å². The summed E-state index contributed by atoms with van der Waals surface area (Å²) in [6.45, 7) is 4.92. The van der Waals surface area contributed by atoms with Crippen LogP contribution in [0.5, 0.6) is 0 Å². The van der Waals surface area contributed by atoms with Crippen LogP contribution in [0.15, 0.2) is 0 Å². The van der Waals surface area contributed by atoms with Crippen molar-refractivity contribution >= 4 is 7.60 Å². The van der Waals surface area contributed by atoms with Gasteiger partial charge in [-0.25, -0.2) is 0 Å². The second kappa shape index (κ2) is 8.41. The molecule has 1 rings (SSSR count). The highest BCUT2D eigenvalue weighted by atomic mass is 31.2. The van der Waals surface area contributed by atoms with Crippen molar-refractivity contribution in [2.24, 2.45) is 0 Å². The van der Waals surface area contributed by atoms with Gasteiger partial charge in [0.1, 0.15) is 0 Å². The van der Waals surface area contributed by atoms with E-state index in [2.05, 4.69) is 13.8 Å². The Bertz CT molecular complexity index is 273. The van der Waals surface area contributed by atoms with E-state index in [1.165, 1.54) is 0 Å². The maximum atomic E-state index is 12.9. The van der Waals surface area contributed by atoms with Crippen LogP contribution in [0.2, 0.25) is 0 Å². The minimum atomic E-state index is -3.41. The highest BCUT2D eigenvalue weighted by Gasteiger charge is 2.50. The Labute approximate surface area is 117 Å². The van der Waals surface area contributed by atoms with Gasteiger partial charge in [-0.3, -0.25) is 4.57 Å². The van der Waals surface area contributed by atoms with Crippen LogP contribution in [0, 0.1) is 0 Å². The van der Waals surface area contributed by atoms with E-state index in [1.807, 2.05) is 0 Å². The monoisotopic (exact) mass is 292 g/mol. The number of hydrogen-bond donors (Lipinski definition) is 1. The molecule has 1 N–H and O–H groups in total. The topological polar surface area (TPSA) is 55.8 Å². The van der Waals surface area contributed by atoms with Crippen LogP contribution < -0.4 is 0 Å². The van der Waals surface area contributed by atoms with Crippen LogP contribution in [-0.4, -0.2) is 23.7 Å². The fourth-order valence-corrected chi connectivity index (χ4v) is 4.49. The maximum absolute atomic E-state index is 12.9. The second-order valence-electron chi connectivity index (χ2n) is 5.41. The molecule has 4 nitrogen and oxygen atoms in total. The molecular weight excluding hydrogens is 263 g/mol. The Kier molecular flexibility index (Phi) is 7.60. The molecule has 1 fully saturated rings. The maximum Gasteiger partial charge on any atom is 0.361 e. The van der Waals surface area contributed by atoms with Gasteiger partial charge in [0.15, 0.2) is 5.34 Å². The van der Waals surface area contributed by atoms with Crippen molar-refractivity contribution < 1.29 is 18.7 Å². The number of rotatable bonds is 9. The van der Waals surface area contributed by atoms with Crippen LogP contribution >= 0.6 is 7.60 Å². The van der Waals surface area contributed by atoms with Gasteiger partial charge >= 0.3 is 7.60 Å². The van der Waals surface area contributed by atoms with Gasteiger partial charge in [0.2, 0.25) is 0 Å². The van der Waals surface area contributed by atoms with Gasteiger partial charge in [-0.05, 0) is 38.5 Å². The Morgan fingerprint density at radius 2 is 1.47 bits per heavy atom. The molecule has 0 amide bonds. The summed E-state index contributed by atoms with van der Waals surface area (Å²) in [6, 6.07) is 0. The first-order chi connectivity index (χ1) is 9.08. The molecule has 0 atom stereocenters. The third-order valence-electron chi connectivity index (χ3n) is 3.68. The smallest absolute Gasteiger partial charge is 0.361 e. The van der Waals surface area contributed by atoms with E-state index in [0.717, 1.165) is 44.9 Å². The average Bonchev–Trinajstić information content (AvgIpc) is 2.40. The molecule has 114 valence electrons. The average molecular weight is 292 g/mol. The normalized spacial score (nSPS) is 19.5. The van der Waals surface area contributed by atoms with Gasteiger partial charge in [0.25, 0.3) is 0 Å². The van der Waals surface area contributed by atoms with E-state index >= 15 is 0 Å². The van der Waals surface area contributed by atoms with Gasteiger partial charge in [0, 0.05) is 0 Å². The summed E-state index contributed by atoms with van der Waals surface area (Å²) in [7, 11) is -3.41. The molecular formula is C14H29O4P. The number of unbranched alkanes of at least 4 members (excludes halogenated alkanes) is 2. The first-order valence-corrected chi connectivity index (χ1v) is 9.24. The Balaban J connectivity index is 2.68. The van der Waals surface area contributed by atoms with Gasteiger partial charge in [0.05, 0.1) is 13.2 Å². The number of aliphatic hydroxyl groups is 1. The highest BCUT2D eigenvalue weighted by Crippen LogP contribution is 2.63. The molecule has 0 aromatic rings. The summed E-state index contributed by atoms with van der Waals surface area (Å²) in [6.07, 6.45) is 7.59. The third kappa shape index (κ3) is 4.86. The largest absolute Gasteiger partial charge is 0.377 e. The van der Waals surface area contributed by atoms with E-state index in [0.29, 0.717) is 26.1 Å². The molecule has 0 radical (unpaired) electrons. The quantitative estimate of drug-likeness (QED) is 0.503. The molecule has 0 aromatic heterocycles. The summed E-state index contributed by atoms with van der Waals surface area (Å²) in [5.74, 6) is 0. The van der Waals surface area contributed by atoms with E-state index in [1.54, 1.807) is 0 Å². The van der Waals surface area contributed by atoms with Crippen LogP contribution in [-0.2, 0) is 13.6 Å². The van der Waals surface area contributed by atoms with Crippen molar-refractivity contribution in [3.05, 3.63) is 0 Å². The SMILES string of the molecule is CCCCOP(=O)(OCCCC)C1(O)CCCCC1. The van der Waals surface area contributed by atoms with Crippen molar-refractivity contribution in [1.82, 2.24) is 0 Å². The molecule has 1 aliphatic carbocycles. The Morgan fingerprint density at radius 3 is 1.89 bits per heavy atom. The molecule has 1 saturated carbocycles. The highest BCUT2D eigenvalue weighted by molar-refractivity contribution is 7.55.